The molecular weight excluding hydrogens is 967 g/mol. The van der Waals surface area contributed by atoms with E-state index in [0.29, 0.717) is 19.3 Å². The number of aliphatic hydroxyl groups is 4. The van der Waals surface area contributed by atoms with E-state index in [1.165, 1.54) is 238 Å². The zero-order valence-electron chi connectivity index (χ0n) is 48.6. The van der Waals surface area contributed by atoms with Gasteiger partial charge in [-0.25, -0.2) is 4.18 Å². The molecule has 0 radical (unpaired) electrons. The summed E-state index contributed by atoms with van der Waals surface area (Å²) in [4.78, 5) is 13.2. The Balaban J connectivity index is 2.30. The number of amides is 1. The maximum absolute atomic E-state index is 13.2. The summed E-state index contributed by atoms with van der Waals surface area (Å²) in [5, 5.41) is 45.2. The average Bonchev–Trinajstić information content (AvgIpc) is 3.39. The van der Waals surface area contributed by atoms with Gasteiger partial charge in [0.1, 0.15) is 24.4 Å². The first kappa shape index (κ1) is 71.9. The topological polar surface area (TPSA) is 192 Å². The van der Waals surface area contributed by atoms with Crippen LogP contribution in [0.1, 0.15) is 322 Å². The molecule has 1 aliphatic heterocycles. The summed E-state index contributed by atoms with van der Waals surface area (Å²) in [6, 6.07) is -0.859. The third kappa shape index (κ3) is 44.3. The van der Waals surface area contributed by atoms with Gasteiger partial charge in [0.05, 0.1) is 25.4 Å². The zero-order valence-corrected chi connectivity index (χ0v) is 49.5. The van der Waals surface area contributed by atoms with E-state index in [4.69, 9.17) is 9.47 Å². The maximum Gasteiger partial charge on any atom is 0.397 e. The molecule has 7 atom stereocenters. The van der Waals surface area contributed by atoms with Crippen LogP contribution in [0, 0.1) is 0 Å². The summed E-state index contributed by atoms with van der Waals surface area (Å²) in [5.41, 5.74) is 0. The Morgan fingerprint density at radius 3 is 1.20 bits per heavy atom. The molecule has 6 N–H and O–H groups in total. The number of nitrogens with one attached hydrogen (secondary N) is 1. The second kappa shape index (κ2) is 52.2. The molecule has 0 aromatic rings. The first-order valence-electron chi connectivity index (χ1n) is 32.1. The van der Waals surface area contributed by atoms with Crippen molar-refractivity contribution in [1.82, 2.24) is 5.32 Å². The molecule has 0 saturated carbocycles. The van der Waals surface area contributed by atoms with Crippen LogP contribution in [0.4, 0.5) is 0 Å². The smallest absolute Gasteiger partial charge is 0.394 e. The van der Waals surface area contributed by atoms with Crippen molar-refractivity contribution in [2.45, 2.75) is 365 Å². The minimum absolute atomic E-state index is 0.226. The summed E-state index contributed by atoms with van der Waals surface area (Å²) in [6.45, 7) is 3.51. The number of rotatable bonds is 57. The molecule has 7 unspecified atom stereocenters. The van der Waals surface area contributed by atoms with Crippen molar-refractivity contribution in [2.75, 3.05) is 13.2 Å². The van der Waals surface area contributed by atoms with Gasteiger partial charge in [0, 0.05) is 6.42 Å². The number of allylic oxidation sites excluding steroid dienone is 2. The highest BCUT2D eigenvalue weighted by atomic mass is 32.3. The molecular formula is C62H121NO11S. The largest absolute Gasteiger partial charge is 0.397 e. The molecule has 1 rings (SSSR count). The Hall–Kier alpha value is -1.16. The molecule has 1 fully saturated rings. The average molecular weight is 1090 g/mol. The van der Waals surface area contributed by atoms with Gasteiger partial charge < -0.3 is 35.2 Å². The number of carbonyl (C=O) groups is 1. The van der Waals surface area contributed by atoms with Gasteiger partial charge in [-0.3, -0.25) is 9.35 Å². The molecule has 75 heavy (non-hydrogen) atoms. The molecule has 0 aliphatic carbocycles. The van der Waals surface area contributed by atoms with Crippen LogP contribution in [0.5, 0.6) is 0 Å². The first-order valence-corrected chi connectivity index (χ1v) is 33.4. The number of unbranched alkanes of at least 4 members (excludes halogenated alkanes) is 43. The van der Waals surface area contributed by atoms with Crippen LogP contribution in [0.25, 0.3) is 0 Å². The SMILES string of the molecule is CCCCCCCCCCCCCC/C=C\CCCCCCCCCCC(=O)NC(COC1OC(CO)C(O)C(OS(=O)(=O)O)C1O)C(O)CCCCCCCCCCCCCCCCCCCCCCCCCC. The van der Waals surface area contributed by atoms with Crippen LogP contribution < -0.4 is 5.32 Å². The molecule has 0 spiro atoms. The fourth-order valence-corrected chi connectivity index (χ4v) is 11.1. The van der Waals surface area contributed by atoms with Gasteiger partial charge in [0.2, 0.25) is 5.91 Å². The van der Waals surface area contributed by atoms with Gasteiger partial charge in [0.15, 0.2) is 6.29 Å². The fourth-order valence-electron chi connectivity index (χ4n) is 10.6. The third-order valence-corrected chi connectivity index (χ3v) is 16.0. The molecule has 1 saturated heterocycles. The highest BCUT2D eigenvalue weighted by Crippen LogP contribution is 2.26. The van der Waals surface area contributed by atoms with Gasteiger partial charge in [-0.15, -0.1) is 0 Å². The normalized spacial score (nSPS) is 19.1. The number of hydrogen-bond acceptors (Lipinski definition) is 10. The molecule has 12 nitrogen and oxygen atoms in total. The Morgan fingerprint density at radius 2 is 0.853 bits per heavy atom. The molecule has 1 heterocycles. The van der Waals surface area contributed by atoms with Crippen LogP contribution in [-0.4, -0.2) is 95.4 Å². The lowest BCUT2D eigenvalue weighted by molar-refractivity contribution is -0.298. The van der Waals surface area contributed by atoms with E-state index in [1.54, 1.807) is 0 Å². The van der Waals surface area contributed by atoms with Crippen molar-refractivity contribution in [2.24, 2.45) is 0 Å². The number of aliphatic hydroxyl groups excluding tert-OH is 4. The molecule has 1 aliphatic rings. The maximum atomic E-state index is 13.2. The van der Waals surface area contributed by atoms with Crippen LogP contribution in [0.3, 0.4) is 0 Å². The van der Waals surface area contributed by atoms with Crippen LogP contribution in [-0.2, 0) is 28.9 Å². The number of ether oxygens (including phenoxy) is 2. The van der Waals surface area contributed by atoms with E-state index in [9.17, 15) is 38.2 Å². The molecule has 13 heteroatoms. The highest BCUT2D eigenvalue weighted by molar-refractivity contribution is 7.80. The molecule has 0 bridgehead atoms. The van der Waals surface area contributed by atoms with Gasteiger partial charge >= 0.3 is 10.4 Å². The predicted molar refractivity (Wildman–Crippen MR) is 310 cm³/mol. The summed E-state index contributed by atoms with van der Waals surface area (Å²) in [5.74, 6) is -0.226. The molecule has 1 amide bonds. The van der Waals surface area contributed by atoms with Gasteiger partial charge in [-0.05, 0) is 38.5 Å². The van der Waals surface area contributed by atoms with E-state index < -0.39 is 59.9 Å². The second-order valence-electron chi connectivity index (χ2n) is 22.7. The van der Waals surface area contributed by atoms with E-state index in [-0.39, 0.29) is 12.5 Å². The summed E-state index contributed by atoms with van der Waals surface area (Å²) >= 11 is 0. The molecule has 446 valence electrons. The summed E-state index contributed by atoms with van der Waals surface area (Å²) < 4.78 is 48.0. The quantitative estimate of drug-likeness (QED) is 0.0193. The van der Waals surface area contributed by atoms with Crippen LogP contribution in [0.2, 0.25) is 0 Å². The monoisotopic (exact) mass is 1090 g/mol. The van der Waals surface area contributed by atoms with E-state index in [2.05, 4.69) is 35.5 Å². The van der Waals surface area contributed by atoms with Crippen molar-refractivity contribution in [3.63, 3.8) is 0 Å². The standard InChI is InChI=1S/C62H121NO11S/c1-3-5-7-9-11-13-15-17-19-21-23-25-27-29-31-33-35-37-39-41-43-45-47-49-51-56(65)55(54-72-62-60(68)61(74-75(69,70)71)59(67)57(53-64)73-62)63-58(66)52-50-48-46-44-42-40-38-36-34-32-30-28-26-24-22-20-18-16-14-12-10-8-6-4-2/h30,32,55-57,59-62,64-65,67-68H,3-29,31,33-54H2,1-2H3,(H,63,66)(H,69,70,71)/b32-30-. The third-order valence-electron chi connectivity index (χ3n) is 15.6. The lowest BCUT2D eigenvalue weighted by Crippen LogP contribution is -2.61. The van der Waals surface area contributed by atoms with Gasteiger partial charge in [-0.2, -0.15) is 8.42 Å². The molecule has 0 aromatic heterocycles. The second-order valence-corrected chi connectivity index (χ2v) is 23.8. The van der Waals surface area contributed by atoms with E-state index >= 15 is 0 Å². The number of hydrogen-bond donors (Lipinski definition) is 6. The Kier molecular flexibility index (Phi) is 50.0. The lowest BCUT2D eigenvalue weighted by atomic mass is 9.99. The van der Waals surface area contributed by atoms with E-state index in [1.807, 2.05) is 0 Å². The molecule has 0 aromatic carbocycles. The van der Waals surface area contributed by atoms with Crippen LogP contribution in [0.15, 0.2) is 12.2 Å². The van der Waals surface area contributed by atoms with Crippen molar-refractivity contribution < 1.29 is 51.8 Å². The summed E-state index contributed by atoms with van der Waals surface area (Å²) in [7, 11) is -5.08. The lowest BCUT2D eigenvalue weighted by Gasteiger charge is -2.41. The predicted octanol–water partition coefficient (Wildman–Crippen LogP) is 15.8. The highest BCUT2D eigenvalue weighted by Gasteiger charge is 2.48. The Morgan fingerprint density at radius 1 is 0.520 bits per heavy atom. The minimum Gasteiger partial charge on any atom is -0.394 e. The Labute approximate surface area is 461 Å². The van der Waals surface area contributed by atoms with Crippen molar-refractivity contribution in [3.8, 4) is 0 Å². The van der Waals surface area contributed by atoms with Crippen molar-refractivity contribution in [3.05, 3.63) is 12.2 Å². The van der Waals surface area contributed by atoms with Crippen molar-refractivity contribution in [1.29, 1.82) is 0 Å². The van der Waals surface area contributed by atoms with Crippen LogP contribution >= 0.6 is 0 Å². The van der Waals surface area contributed by atoms with E-state index in [0.717, 1.165) is 51.4 Å². The summed E-state index contributed by atoms with van der Waals surface area (Å²) in [6.07, 6.45) is 55.1. The first-order chi connectivity index (χ1) is 36.5. The minimum atomic E-state index is -5.08. The zero-order chi connectivity index (χ0) is 54.7. The number of carbonyl (C=O) groups excluding carboxylic acids is 1. The Bertz CT molecular complexity index is 1370. The van der Waals surface area contributed by atoms with Crippen molar-refractivity contribution >= 4 is 16.3 Å². The van der Waals surface area contributed by atoms with Gasteiger partial charge in [-0.1, -0.05) is 289 Å². The van der Waals surface area contributed by atoms with Gasteiger partial charge in [0.25, 0.3) is 0 Å². The fraction of sp³-hybridized carbons (Fsp3) is 0.952.